The molecule has 0 saturated carbocycles. The molecule has 2 heterocycles. The third-order valence-electron chi connectivity index (χ3n) is 3.44. The molecule has 0 radical (unpaired) electrons. The van der Waals surface area contributed by atoms with Gasteiger partial charge in [0, 0.05) is 11.1 Å². The Labute approximate surface area is 150 Å². The zero-order chi connectivity index (χ0) is 17.5. The molecular weight excluding hydrogens is 334 g/mol. The quantitative estimate of drug-likeness (QED) is 0.486. The standard InChI is InChI=1S/C20H17NO3S/c1-23-19-13-15(7-9-16-5-2-3-11-21-16)8-10-18(19)24-20(22)14-17-6-4-12-25-17/h2-13H,14H2,1H3/b9-7+. The average Bonchev–Trinajstić information content (AvgIpc) is 3.14. The molecule has 0 saturated heterocycles. The van der Waals surface area contributed by atoms with Crippen molar-refractivity contribution in [3.8, 4) is 11.5 Å². The summed E-state index contributed by atoms with van der Waals surface area (Å²) in [4.78, 5) is 17.3. The number of carbonyl (C=O) groups is 1. The molecule has 5 heteroatoms. The molecule has 3 aromatic rings. The molecule has 0 amide bonds. The van der Waals surface area contributed by atoms with Gasteiger partial charge in [-0.15, -0.1) is 11.3 Å². The molecular formula is C20H17NO3S. The molecule has 25 heavy (non-hydrogen) atoms. The maximum absolute atomic E-state index is 12.1. The zero-order valence-electron chi connectivity index (χ0n) is 13.7. The second kappa shape index (κ2) is 8.26. The average molecular weight is 351 g/mol. The van der Waals surface area contributed by atoms with E-state index in [2.05, 4.69) is 4.98 Å². The fourth-order valence-electron chi connectivity index (χ4n) is 2.24. The van der Waals surface area contributed by atoms with Gasteiger partial charge in [-0.25, -0.2) is 0 Å². The van der Waals surface area contributed by atoms with E-state index in [1.54, 1.807) is 19.4 Å². The van der Waals surface area contributed by atoms with Crippen molar-refractivity contribution in [2.45, 2.75) is 6.42 Å². The van der Waals surface area contributed by atoms with Crippen LogP contribution in [0.1, 0.15) is 16.1 Å². The fraction of sp³-hybridized carbons (Fsp3) is 0.100. The number of carbonyl (C=O) groups excluding carboxylic acids is 1. The van der Waals surface area contributed by atoms with Gasteiger partial charge in [-0.1, -0.05) is 24.3 Å². The van der Waals surface area contributed by atoms with Crippen LogP contribution in [0, 0.1) is 0 Å². The number of hydrogen-bond acceptors (Lipinski definition) is 5. The van der Waals surface area contributed by atoms with Crippen molar-refractivity contribution in [1.82, 2.24) is 4.98 Å². The first-order valence-electron chi connectivity index (χ1n) is 7.75. The molecule has 0 aliphatic heterocycles. The van der Waals surface area contributed by atoms with Crippen LogP contribution in [-0.4, -0.2) is 18.1 Å². The normalized spacial score (nSPS) is 10.8. The van der Waals surface area contributed by atoms with Crippen molar-refractivity contribution in [3.05, 3.63) is 76.2 Å². The summed E-state index contributed by atoms with van der Waals surface area (Å²) in [7, 11) is 1.55. The van der Waals surface area contributed by atoms with Gasteiger partial charge < -0.3 is 9.47 Å². The highest BCUT2D eigenvalue weighted by molar-refractivity contribution is 7.10. The molecule has 0 atom stereocenters. The largest absolute Gasteiger partial charge is 0.493 e. The number of ether oxygens (including phenoxy) is 2. The smallest absolute Gasteiger partial charge is 0.316 e. The van der Waals surface area contributed by atoms with Crippen LogP contribution >= 0.6 is 11.3 Å². The number of thiophene rings is 1. The summed E-state index contributed by atoms with van der Waals surface area (Å²) < 4.78 is 10.8. The Morgan fingerprint density at radius 2 is 2.04 bits per heavy atom. The minimum absolute atomic E-state index is 0.252. The van der Waals surface area contributed by atoms with Crippen LogP contribution < -0.4 is 9.47 Å². The molecule has 3 rings (SSSR count). The Kier molecular flexibility index (Phi) is 5.59. The highest BCUT2D eigenvalue weighted by atomic mass is 32.1. The van der Waals surface area contributed by atoms with E-state index in [9.17, 15) is 4.79 Å². The highest BCUT2D eigenvalue weighted by Crippen LogP contribution is 2.29. The molecule has 0 bridgehead atoms. The highest BCUT2D eigenvalue weighted by Gasteiger charge is 2.11. The molecule has 1 aromatic carbocycles. The lowest BCUT2D eigenvalue weighted by Gasteiger charge is -2.09. The van der Waals surface area contributed by atoms with E-state index in [-0.39, 0.29) is 12.4 Å². The van der Waals surface area contributed by atoms with Crippen molar-refractivity contribution < 1.29 is 14.3 Å². The Hall–Kier alpha value is -2.92. The summed E-state index contributed by atoms with van der Waals surface area (Å²) in [6.07, 6.45) is 5.85. The molecule has 126 valence electrons. The van der Waals surface area contributed by atoms with Gasteiger partial charge >= 0.3 is 5.97 Å². The molecule has 0 aliphatic rings. The SMILES string of the molecule is COc1cc(/C=C/c2ccccn2)ccc1OC(=O)Cc1cccs1. The van der Waals surface area contributed by atoms with Gasteiger partial charge in [-0.05, 0) is 47.4 Å². The fourth-order valence-corrected chi connectivity index (χ4v) is 2.93. The summed E-state index contributed by atoms with van der Waals surface area (Å²) in [6, 6.07) is 15.0. The van der Waals surface area contributed by atoms with Gasteiger partial charge in [-0.2, -0.15) is 0 Å². The van der Waals surface area contributed by atoms with Crippen LogP contribution in [0.4, 0.5) is 0 Å². The number of benzene rings is 1. The molecule has 0 spiro atoms. The first kappa shape index (κ1) is 16.9. The van der Waals surface area contributed by atoms with Gasteiger partial charge in [0.05, 0.1) is 19.2 Å². The maximum atomic E-state index is 12.1. The van der Waals surface area contributed by atoms with Crippen LogP contribution in [0.2, 0.25) is 0 Å². The molecule has 0 fully saturated rings. The van der Waals surface area contributed by atoms with Gasteiger partial charge in [0.25, 0.3) is 0 Å². The molecule has 2 aromatic heterocycles. The number of aromatic nitrogens is 1. The van der Waals surface area contributed by atoms with E-state index in [0.29, 0.717) is 11.5 Å². The molecule has 0 aliphatic carbocycles. The van der Waals surface area contributed by atoms with E-state index >= 15 is 0 Å². The minimum Gasteiger partial charge on any atom is -0.493 e. The first-order chi connectivity index (χ1) is 12.2. The zero-order valence-corrected chi connectivity index (χ0v) is 14.5. The maximum Gasteiger partial charge on any atom is 0.316 e. The predicted octanol–water partition coefficient (Wildman–Crippen LogP) is 4.47. The Morgan fingerprint density at radius 1 is 1.12 bits per heavy atom. The van der Waals surface area contributed by atoms with Crippen molar-refractivity contribution in [3.63, 3.8) is 0 Å². The van der Waals surface area contributed by atoms with Crippen molar-refractivity contribution in [2.75, 3.05) is 7.11 Å². The predicted molar refractivity (Wildman–Crippen MR) is 99.8 cm³/mol. The van der Waals surface area contributed by atoms with E-state index in [0.717, 1.165) is 16.1 Å². The van der Waals surface area contributed by atoms with Crippen molar-refractivity contribution >= 4 is 29.5 Å². The number of pyridine rings is 1. The molecule has 0 N–H and O–H groups in total. The number of esters is 1. The number of methoxy groups -OCH3 is 1. The lowest BCUT2D eigenvalue weighted by molar-refractivity contribution is -0.133. The molecule has 4 nitrogen and oxygen atoms in total. The van der Waals surface area contributed by atoms with E-state index in [4.69, 9.17) is 9.47 Å². The third-order valence-corrected chi connectivity index (χ3v) is 4.32. The van der Waals surface area contributed by atoms with Crippen LogP contribution in [0.15, 0.2) is 60.1 Å². The number of hydrogen-bond donors (Lipinski definition) is 0. The summed E-state index contributed by atoms with van der Waals surface area (Å²) in [5.74, 6) is 0.624. The van der Waals surface area contributed by atoms with Gasteiger partial charge in [0.15, 0.2) is 11.5 Å². The second-order valence-electron chi connectivity index (χ2n) is 5.23. The monoisotopic (exact) mass is 351 g/mol. The van der Waals surface area contributed by atoms with Crippen LogP contribution in [-0.2, 0) is 11.2 Å². The van der Waals surface area contributed by atoms with Gasteiger partial charge in [0.2, 0.25) is 0 Å². The van der Waals surface area contributed by atoms with E-state index in [1.807, 2.05) is 60.0 Å². The van der Waals surface area contributed by atoms with Crippen molar-refractivity contribution in [2.24, 2.45) is 0 Å². The topological polar surface area (TPSA) is 48.4 Å². The van der Waals surface area contributed by atoms with E-state index < -0.39 is 0 Å². The lowest BCUT2D eigenvalue weighted by atomic mass is 10.1. The summed E-state index contributed by atoms with van der Waals surface area (Å²) in [6.45, 7) is 0. The Bertz CT molecular complexity index is 858. The van der Waals surface area contributed by atoms with Gasteiger partial charge in [-0.3, -0.25) is 9.78 Å². The summed E-state index contributed by atoms with van der Waals surface area (Å²) in [5.41, 5.74) is 1.80. The van der Waals surface area contributed by atoms with Gasteiger partial charge in [0.1, 0.15) is 0 Å². The lowest BCUT2D eigenvalue weighted by Crippen LogP contribution is -2.11. The van der Waals surface area contributed by atoms with Crippen LogP contribution in [0.5, 0.6) is 11.5 Å². The summed E-state index contributed by atoms with van der Waals surface area (Å²) >= 11 is 1.53. The minimum atomic E-state index is -0.308. The van der Waals surface area contributed by atoms with Crippen LogP contribution in [0.3, 0.4) is 0 Å². The van der Waals surface area contributed by atoms with Crippen molar-refractivity contribution in [1.29, 1.82) is 0 Å². The van der Waals surface area contributed by atoms with E-state index in [1.165, 1.54) is 11.3 Å². The number of rotatable bonds is 6. The third kappa shape index (κ3) is 4.78. The molecule has 0 unspecified atom stereocenters. The Balaban J connectivity index is 1.71. The summed E-state index contributed by atoms with van der Waals surface area (Å²) in [5, 5.41) is 1.94. The first-order valence-corrected chi connectivity index (χ1v) is 8.63. The van der Waals surface area contributed by atoms with Crippen LogP contribution in [0.25, 0.3) is 12.2 Å². The number of nitrogens with zero attached hydrogens (tertiary/aromatic N) is 1. The second-order valence-corrected chi connectivity index (χ2v) is 6.26. The Morgan fingerprint density at radius 3 is 2.76 bits per heavy atom.